The molecule has 78 valence electrons. The normalized spacial score (nSPS) is 10.3. The lowest BCUT2D eigenvalue weighted by Crippen LogP contribution is -2.07. The van der Waals surface area contributed by atoms with Gasteiger partial charge in [0.25, 0.3) is 0 Å². The number of ether oxygens (including phenoxy) is 1. The predicted molar refractivity (Wildman–Crippen MR) is 50.3 cm³/mol. The smallest absolute Gasteiger partial charge is 0.190 e. The molecule has 14 heavy (non-hydrogen) atoms. The standard InChI is InChI=1S/C10H13F2NO/c1-3-14-10-8(11)4-7(6-13-2)5-9(10)12/h4-5,13H,3,6H2,1-2H3. The van der Waals surface area contributed by atoms with Crippen LogP contribution in [0.3, 0.4) is 0 Å². The van der Waals surface area contributed by atoms with Crippen LogP contribution in [0.4, 0.5) is 8.78 Å². The second-order valence-electron chi connectivity index (χ2n) is 2.85. The summed E-state index contributed by atoms with van der Waals surface area (Å²) in [7, 11) is 1.71. The summed E-state index contributed by atoms with van der Waals surface area (Å²) in [5, 5.41) is 2.82. The lowest BCUT2D eigenvalue weighted by molar-refractivity contribution is 0.302. The molecule has 1 aromatic rings. The van der Waals surface area contributed by atoms with Crippen molar-refractivity contribution in [3.8, 4) is 5.75 Å². The van der Waals surface area contributed by atoms with Gasteiger partial charge < -0.3 is 10.1 Å². The molecule has 0 heterocycles. The monoisotopic (exact) mass is 201 g/mol. The van der Waals surface area contributed by atoms with Crippen molar-refractivity contribution in [2.45, 2.75) is 13.5 Å². The van der Waals surface area contributed by atoms with Gasteiger partial charge in [-0.05, 0) is 31.7 Å². The van der Waals surface area contributed by atoms with Crippen LogP contribution in [0, 0.1) is 11.6 Å². The molecule has 0 aliphatic heterocycles. The first-order valence-corrected chi connectivity index (χ1v) is 4.44. The number of benzene rings is 1. The minimum absolute atomic E-state index is 0.249. The van der Waals surface area contributed by atoms with E-state index in [4.69, 9.17) is 4.74 Å². The van der Waals surface area contributed by atoms with E-state index in [1.165, 1.54) is 12.1 Å². The van der Waals surface area contributed by atoms with Crippen LogP contribution >= 0.6 is 0 Å². The maximum Gasteiger partial charge on any atom is 0.190 e. The Labute approximate surface area is 81.9 Å². The number of rotatable bonds is 4. The zero-order valence-corrected chi connectivity index (χ0v) is 8.23. The molecule has 0 aliphatic carbocycles. The van der Waals surface area contributed by atoms with Gasteiger partial charge in [-0.25, -0.2) is 8.78 Å². The molecule has 0 aromatic heterocycles. The van der Waals surface area contributed by atoms with Crippen molar-refractivity contribution in [3.05, 3.63) is 29.3 Å². The summed E-state index contributed by atoms with van der Waals surface area (Å²) in [5.41, 5.74) is 0.561. The van der Waals surface area contributed by atoms with Gasteiger partial charge in [0.15, 0.2) is 17.4 Å². The number of hydrogen-bond donors (Lipinski definition) is 1. The average molecular weight is 201 g/mol. The molecule has 0 fully saturated rings. The van der Waals surface area contributed by atoms with Crippen LogP contribution in [0.1, 0.15) is 12.5 Å². The van der Waals surface area contributed by atoms with Crippen LogP contribution in [-0.2, 0) is 6.54 Å². The molecular formula is C10H13F2NO. The molecule has 4 heteroatoms. The number of nitrogens with one attached hydrogen (secondary N) is 1. The van der Waals surface area contributed by atoms with Gasteiger partial charge in [-0.2, -0.15) is 0 Å². The maximum absolute atomic E-state index is 13.2. The van der Waals surface area contributed by atoms with Gasteiger partial charge in [0, 0.05) is 6.54 Å². The second kappa shape index (κ2) is 4.91. The molecule has 0 unspecified atom stereocenters. The Morgan fingerprint density at radius 2 is 1.86 bits per heavy atom. The average Bonchev–Trinajstić information content (AvgIpc) is 2.12. The van der Waals surface area contributed by atoms with Gasteiger partial charge in [-0.15, -0.1) is 0 Å². The molecule has 0 spiro atoms. The highest BCUT2D eigenvalue weighted by Gasteiger charge is 2.11. The number of halogens is 2. The SMILES string of the molecule is CCOc1c(F)cc(CNC)cc1F. The molecule has 1 aromatic carbocycles. The molecule has 0 aliphatic rings. The van der Waals surface area contributed by atoms with E-state index < -0.39 is 11.6 Å². The van der Waals surface area contributed by atoms with Crippen LogP contribution in [0.2, 0.25) is 0 Å². The Balaban J connectivity index is 2.98. The lowest BCUT2D eigenvalue weighted by Gasteiger charge is -2.08. The van der Waals surface area contributed by atoms with Gasteiger partial charge in [-0.1, -0.05) is 0 Å². The topological polar surface area (TPSA) is 21.3 Å². The van der Waals surface area contributed by atoms with E-state index in [0.717, 1.165) is 0 Å². The third-order valence-electron chi connectivity index (χ3n) is 1.73. The summed E-state index contributed by atoms with van der Waals surface area (Å²) in [5.74, 6) is -1.61. The third-order valence-corrected chi connectivity index (χ3v) is 1.73. The first kappa shape index (κ1) is 10.9. The molecule has 1 rings (SSSR count). The quantitative estimate of drug-likeness (QED) is 0.805. The summed E-state index contributed by atoms with van der Waals surface area (Å²) in [6, 6.07) is 2.54. The fourth-order valence-electron chi connectivity index (χ4n) is 1.20. The van der Waals surface area contributed by atoms with Crippen molar-refractivity contribution in [2.75, 3.05) is 13.7 Å². The van der Waals surface area contributed by atoms with Crippen molar-refractivity contribution in [2.24, 2.45) is 0 Å². The lowest BCUT2D eigenvalue weighted by atomic mass is 10.2. The molecule has 2 nitrogen and oxygen atoms in total. The van der Waals surface area contributed by atoms with E-state index in [9.17, 15) is 8.78 Å². The highest BCUT2D eigenvalue weighted by Crippen LogP contribution is 2.23. The molecular weight excluding hydrogens is 188 g/mol. The van der Waals surface area contributed by atoms with Gasteiger partial charge >= 0.3 is 0 Å². The molecule has 1 N–H and O–H groups in total. The predicted octanol–water partition coefficient (Wildman–Crippen LogP) is 2.08. The summed E-state index contributed by atoms with van der Waals surface area (Å²) in [6.45, 7) is 2.36. The molecule has 0 atom stereocenters. The van der Waals surface area contributed by atoms with Crippen molar-refractivity contribution < 1.29 is 13.5 Å². The van der Waals surface area contributed by atoms with Crippen LogP contribution in [0.25, 0.3) is 0 Å². The largest absolute Gasteiger partial charge is 0.488 e. The Morgan fingerprint density at radius 1 is 1.29 bits per heavy atom. The van der Waals surface area contributed by atoms with Crippen molar-refractivity contribution >= 4 is 0 Å². The Morgan fingerprint density at radius 3 is 2.29 bits per heavy atom. The van der Waals surface area contributed by atoms with Gasteiger partial charge in [0.1, 0.15) is 0 Å². The summed E-state index contributed by atoms with van der Waals surface area (Å²) in [4.78, 5) is 0. The Hall–Kier alpha value is -1.16. The van der Waals surface area contributed by atoms with E-state index in [-0.39, 0.29) is 12.4 Å². The van der Waals surface area contributed by atoms with Crippen molar-refractivity contribution in [3.63, 3.8) is 0 Å². The zero-order chi connectivity index (χ0) is 10.6. The first-order valence-electron chi connectivity index (χ1n) is 4.44. The fourth-order valence-corrected chi connectivity index (χ4v) is 1.20. The van der Waals surface area contributed by atoms with Crippen LogP contribution in [0.5, 0.6) is 5.75 Å². The molecule has 0 saturated carbocycles. The van der Waals surface area contributed by atoms with E-state index in [0.29, 0.717) is 12.1 Å². The molecule has 0 bridgehead atoms. The third kappa shape index (κ3) is 2.42. The zero-order valence-electron chi connectivity index (χ0n) is 8.23. The summed E-state index contributed by atoms with van der Waals surface area (Å²) < 4.78 is 31.3. The Kier molecular flexibility index (Phi) is 3.83. The van der Waals surface area contributed by atoms with E-state index in [2.05, 4.69) is 5.32 Å². The minimum atomic E-state index is -0.655. The molecule has 0 amide bonds. The van der Waals surface area contributed by atoms with E-state index in [1.54, 1.807) is 14.0 Å². The highest BCUT2D eigenvalue weighted by molar-refractivity contribution is 5.31. The summed E-state index contributed by atoms with van der Waals surface area (Å²) in [6.07, 6.45) is 0. The molecule has 0 radical (unpaired) electrons. The van der Waals surface area contributed by atoms with Crippen molar-refractivity contribution in [1.29, 1.82) is 0 Å². The van der Waals surface area contributed by atoms with Crippen molar-refractivity contribution in [1.82, 2.24) is 5.32 Å². The first-order chi connectivity index (χ1) is 6.69. The second-order valence-corrected chi connectivity index (χ2v) is 2.85. The fraction of sp³-hybridized carbons (Fsp3) is 0.400. The van der Waals surface area contributed by atoms with E-state index in [1.807, 2.05) is 0 Å². The van der Waals surface area contributed by atoms with Gasteiger partial charge in [0.2, 0.25) is 0 Å². The van der Waals surface area contributed by atoms with Crippen LogP contribution in [-0.4, -0.2) is 13.7 Å². The van der Waals surface area contributed by atoms with Crippen LogP contribution in [0.15, 0.2) is 12.1 Å². The summed E-state index contributed by atoms with van der Waals surface area (Å²) >= 11 is 0. The molecule has 0 saturated heterocycles. The Bertz CT molecular complexity index is 292. The van der Waals surface area contributed by atoms with E-state index >= 15 is 0 Å². The van der Waals surface area contributed by atoms with Gasteiger partial charge in [-0.3, -0.25) is 0 Å². The van der Waals surface area contributed by atoms with Gasteiger partial charge in [0.05, 0.1) is 6.61 Å². The van der Waals surface area contributed by atoms with Crippen LogP contribution < -0.4 is 10.1 Å². The maximum atomic E-state index is 13.2. The minimum Gasteiger partial charge on any atom is -0.488 e. The number of hydrogen-bond acceptors (Lipinski definition) is 2. The highest BCUT2D eigenvalue weighted by atomic mass is 19.1.